The van der Waals surface area contributed by atoms with Gasteiger partial charge in [0.1, 0.15) is 5.75 Å². The minimum absolute atomic E-state index is 0.337. The highest BCUT2D eigenvalue weighted by Crippen LogP contribution is 2.39. The molecule has 0 aliphatic rings. The minimum Gasteiger partial charge on any atom is -0.494 e. The van der Waals surface area contributed by atoms with Crippen molar-refractivity contribution in [2.75, 3.05) is 38.0 Å². The summed E-state index contributed by atoms with van der Waals surface area (Å²) in [4.78, 5) is 6.62. The summed E-state index contributed by atoms with van der Waals surface area (Å²) in [5, 5.41) is 4.63. The summed E-state index contributed by atoms with van der Waals surface area (Å²) in [5.74, 6) is 0.846. The molecule has 1 unspecified atom stereocenters. The topological polar surface area (TPSA) is 63.4 Å². The number of nitrogens with zero attached hydrogens (tertiary/aromatic N) is 2. The van der Waals surface area contributed by atoms with Crippen LogP contribution in [0.4, 0.5) is 11.4 Å². The van der Waals surface area contributed by atoms with Gasteiger partial charge in [0.25, 0.3) is 0 Å². The molecule has 0 saturated carbocycles. The van der Waals surface area contributed by atoms with E-state index in [1.165, 1.54) is 0 Å². The Bertz CT molecular complexity index is 627. The van der Waals surface area contributed by atoms with Crippen molar-refractivity contribution >= 4 is 22.3 Å². The lowest BCUT2D eigenvalue weighted by Crippen LogP contribution is -2.18. The van der Waals surface area contributed by atoms with Crippen molar-refractivity contribution in [1.29, 1.82) is 0 Å². The average Bonchev–Trinajstić information content (AvgIpc) is 2.52. The fraction of sp³-hybridized carbons (Fsp3) is 0.471. The monoisotopic (exact) mass is 302 g/mol. The summed E-state index contributed by atoms with van der Waals surface area (Å²) in [6.07, 6.45) is 3.86. The van der Waals surface area contributed by atoms with Crippen LogP contribution in [0.1, 0.15) is 19.8 Å². The molecule has 0 fully saturated rings. The molecule has 1 heterocycles. The molecule has 0 bridgehead atoms. The van der Waals surface area contributed by atoms with Gasteiger partial charge in [-0.15, -0.1) is 0 Å². The molecule has 1 aromatic heterocycles. The fourth-order valence-electron chi connectivity index (χ4n) is 2.70. The first-order valence-corrected chi connectivity index (χ1v) is 7.68. The molecule has 1 atom stereocenters. The van der Waals surface area contributed by atoms with Gasteiger partial charge in [0.2, 0.25) is 0 Å². The number of methoxy groups -OCH3 is 1. The summed E-state index contributed by atoms with van der Waals surface area (Å²) in [7, 11) is 5.73. The zero-order valence-electron chi connectivity index (χ0n) is 13.9. The van der Waals surface area contributed by atoms with Gasteiger partial charge in [0.15, 0.2) is 0 Å². The van der Waals surface area contributed by atoms with Crippen LogP contribution in [0.3, 0.4) is 0 Å². The van der Waals surface area contributed by atoms with E-state index in [-0.39, 0.29) is 0 Å². The van der Waals surface area contributed by atoms with Crippen LogP contribution in [0.5, 0.6) is 5.75 Å². The van der Waals surface area contributed by atoms with E-state index < -0.39 is 0 Å². The fourth-order valence-corrected chi connectivity index (χ4v) is 2.70. The molecule has 2 aromatic rings. The second-order valence-corrected chi connectivity index (χ2v) is 5.75. The van der Waals surface area contributed by atoms with E-state index >= 15 is 0 Å². The van der Waals surface area contributed by atoms with Gasteiger partial charge in [-0.25, -0.2) is 0 Å². The Morgan fingerprint density at radius 2 is 2.18 bits per heavy atom. The standard InChI is InChI=1S/C17H26N4O/c1-12(7-5-9-18)20-14-11-15(22-4)17(21(2)3)13-8-6-10-19-16(13)14/h6,8,10-12,20H,5,7,9,18H2,1-4H3. The molecule has 0 radical (unpaired) electrons. The predicted molar refractivity (Wildman–Crippen MR) is 94.0 cm³/mol. The first-order chi connectivity index (χ1) is 10.6. The van der Waals surface area contributed by atoms with Crippen LogP contribution in [0.15, 0.2) is 24.4 Å². The third kappa shape index (κ3) is 3.42. The lowest BCUT2D eigenvalue weighted by molar-refractivity contribution is 0.416. The number of nitrogens with one attached hydrogen (secondary N) is 1. The molecule has 0 amide bonds. The number of fused-ring (bicyclic) bond motifs is 1. The van der Waals surface area contributed by atoms with Gasteiger partial charge in [0, 0.05) is 37.8 Å². The summed E-state index contributed by atoms with van der Waals surface area (Å²) in [6, 6.07) is 6.40. The van der Waals surface area contributed by atoms with Crippen molar-refractivity contribution < 1.29 is 4.74 Å². The number of rotatable bonds is 7. The lowest BCUT2D eigenvalue weighted by Gasteiger charge is -2.22. The van der Waals surface area contributed by atoms with Crippen LogP contribution in [-0.4, -0.2) is 38.8 Å². The first-order valence-electron chi connectivity index (χ1n) is 7.68. The van der Waals surface area contributed by atoms with E-state index in [1.54, 1.807) is 7.11 Å². The molecule has 5 heteroatoms. The largest absolute Gasteiger partial charge is 0.494 e. The van der Waals surface area contributed by atoms with Crippen molar-refractivity contribution in [3.05, 3.63) is 24.4 Å². The molecular formula is C17H26N4O. The van der Waals surface area contributed by atoms with Gasteiger partial charge in [0.05, 0.1) is 24.0 Å². The number of anilines is 2. The van der Waals surface area contributed by atoms with Gasteiger partial charge in [-0.05, 0) is 38.4 Å². The number of ether oxygens (including phenoxy) is 1. The Kier molecular flexibility index (Phi) is 5.44. The Hall–Kier alpha value is -2.01. The Morgan fingerprint density at radius 3 is 2.82 bits per heavy atom. The molecule has 0 spiro atoms. The maximum absolute atomic E-state index is 5.59. The zero-order valence-corrected chi connectivity index (χ0v) is 13.9. The normalized spacial score (nSPS) is 12.2. The second kappa shape index (κ2) is 7.31. The van der Waals surface area contributed by atoms with E-state index in [1.807, 2.05) is 32.4 Å². The summed E-state index contributed by atoms with van der Waals surface area (Å²) < 4.78 is 5.59. The highest BCUT2D eigenvalue weighted by atomic mass is 16.5. The lowest BCUT2D eigenvalue weighted by atomic mass is 10.1. The van der Waals surface area contributed by atoms with E-state index in [4.69, 9.17) is 10.5 Å². The third-order valence-corrected chi connectivity index (χ3v) is 3.74. The number of pyridine rings is 1. The maximum atomic E-state index is 5.59. The molecule has 0 aliphatic heterocycles. The SMILES string of the molecule is COc1cc(NC(C)CCCN)c2ncccc2c1N(C)C. The van der Waals surface area contributed by atoms with Gasteiger partial charge in [-0.2, -0.15) is 0 Å². The summed E-state index contributed by atoms with van der Waals surface area (Å²) >= 11 is 0. The number of hydrogen-bond donors (Lipinski definition) is 2. The van der Waals surface area contributed by atoms with E-state index in [9.17, 15) is 0 Å². The van der Waals surface area contributed by atoms with Crippen LogP contribution in [0.25, 0.3) is 10.9 Å². The predicted octanol–water partition coefficient (Wildman–Crippen LogP) is 2.85. The van der Waals surface area contributed by atoms with Crippen molar-refractivity contribution in [3.8, 4) is 5.75 Å². The summed E-state index contributed by atoms with van der Waals surface area (Å²) in [5.41, 5.74) is 8.61. The Morgan fingerprint density at radius 1 is 1.41 bits per heavy atom. The molecule has 0 aliphatic carbocycles. The maximum Gasteiger partial charge on any atom is 0.144 e. The Balaban J connectivity index is 2.48. The van der Waals surface area contributed by atoms with Crippen molar-refractivity contribution in [3.63, 3.8) is 0 Å². The zero-order chi connectivity index (χ0) is 16.1. The van der Waals surface area contributed by atoms with Crippen molar-refractivity contribution in [2.45, 2.75) is 25.8 Å². The molecule has 1 aromatic carbocycles. The van der Waals surface area contributed by atoms with Crippen LogP contribution in [0, 0.1) is 0 Å². The first kappa shape index (κ1) is 16.4. The van der Waals surface area contributed by atoms with Crippen molar-refractivity contribution in [2.24, 2.45) is 5.73 Å². The quantitative estimate of drug-likeness (QED) is 0.823. The van der Waals surface area contributed by atoms with Gasteiger partial charge in [-0.1, -0.05) is 0 Å². The molecule has 120 valence electrons. The number of hydrogen-bond acceptors (Lipinski definition) is 5. The van der Waals surface area contributed by atoms with E-state index in [2.05, 4.69) is 28.2 Å². The molecule has 3 N–H and O–H groups in total. The number of benzene rings is 1. The van der Waals surface area contributed by atoms with E-state index in [0.29, 0.717) is 12.6 Å². The van der Waals surface area contributed by atoms with Gasteiger partial charge < -0.3 is 20.7 Å². The molecule has 2 rings (SSSR count). The second-order valence-electron chi connectivity index (χ2n) is 5.75. The number of aromatic nitrogens is 1. The Labute approximate surface area is 132 Å². The van der Waals surface area contributed by atoms with Crippen LogP contribution in [-0.2, 0) is 0 Å². The summed E-state index contributed by atoms with van der Waals surface area (Å²) in [6.45, 7) is 2.88. The van der Waals surface area contributed by atoms with E-state index in [0.717, 1.165) is 40.9 Å². The van der Waals surface area contributed by atoms with Crippen molar-refractivity contribution in [1.82, 2.24) is 4.98 Å². The highest BCUT2D eigenvalue weighted by Gasteiger charge is 2.16. The van der Waals surface area contributed by atoms with Gasteiger partial charge in [-0.3, -0.25) is 4.98 Å². The highest BCUT2D eigenvalue weighted by molar-refractivity contribution is 6.02. The average molecular weight is 302 g/mol. The molecule has 0 saturated heterocycles. The van der Waals surface area contributed by atoms with Crippen LogP contribution >= 0.6 is 0 Å². The number of nitrogens with two attached hydrogens (primary N) is 1. The van der Waals surface area contributed by atoms with Gasteiger partial charge >= 0.3 is 0 Å². The molecule has 22 heavy (non-hydrogen) atoms. The molecule has 5 nitrogen and oxygen atoms in total. The van der Waals surface area contributed by atoms with Crippen LogP contribution in [0.2, 0.25) is 0 Å². The third-order valence-electron chi connectivity index (χ3n) is 3.74. The molecular weight excluding hydrogens is 276 g/mol. The van der Waals surface area contributed by atoms with Crippen LogP contribution < -0.4 is 20.7 Å². The smallest absolute Gasteiger partial charge is 0.144 e. The minimum atomic E-state index is 0.337.